The molecule has 14 heteroatoms. The second-order valence-electron chi connectivity index (χ2n) is 30.0. The summed E-state index contributed by atoms with van der Waals surface area (Å²) in [6.07, 6.45) is 11.0. The molecule has 2 N–H and O–H groups in total. The highest BCUT2D eigenvalue weighted by atomic mass is 79.9. The first-order valence-electron chi connectivity index (χ1n) is 51.4. The number of aromatic hydroxyl groups is 1. The van der Waals surface area contributed by atoms with E-state index in [1.165, 1.54) is 38.0 Å². The van der Waals surface area contributed by atoms with Crippen LogP contribution in [-0.2, 0) is 9.59 Å². The Morgan fingerprint density at radius 3 is 1.13 bits per heavy atom. The van der Waals surface area contributed by atoms with Crippen LogP contribution >= 0.6 is 15.9 Å². The number of phenols is 1. The molecule has 1 unspecified atom stereocenters. The smallest absolute Gasteiger partial charge is 0.170 e. The molecule has 6 heterocycles. The van der Waals surface area contributed by atoms with Crippen molar-refractivity contribution in [2.24, 2.45) is 0 Å². The summed E-state index contributed by atoms with van der Waals surface area (Å²) in [6, 6.07) is 63.2. The zero-order valence-electron chi connectivity index (χ0n) is 97.2. The quantitative estimate of drug-likeness (QED) is 0.126. The van der Waals surface area contributed by atoms with E-state index in [-0.39, 0.29) is 63.0 Å². The number of hydrogen-bond donors (Lipinski definition) is 2. The first-order chi connectivity index (χ1) is 65.6. The van der Waals surface area contributed by atoms with Crippen molar-refractivity contribution in [1.29, 1.82) is 0 Å². The molecule has 0 saturated carbocycles. The van der Waals surface area contributed by atoms with Crippen LogP contribution in [-0.4, -0.2) is 72.6 Å². The maximum absolute atomic E-state index is 11.6. The normalized spacial score (nSPS) is 13.6. The number of allylic oxidation sites excluding steroid dienone is 2. The van der Waals surface area contributed by atoms with Crippen molar-refractivity contribution in [1.82, 2.24) is 0 Å². The van der Waals surface area contributed by atoms with E-state index in [4.69, 9.17) is 38.3 Å². The van der Waals surface area contributed by atoms with Crippen molar-refractivity contribution in [3.05, 3.63) is 263 Å². The fraction of sp³-hybridized carbons (Fsp3) is 0.500. The Labute approximate surface area is 857 Å². The number of ether oxygens (including phenoxy) is 7. The number of aliphatic hydroxyl groups is 1. The number of para-hydroxylation sites is 8. The standard InChI is InChI=1S/C13H14O2.2C12H14O.C11H11BrO.C11H14O2.C11H12O2.C11H12O.C8H8O2.C3H6O.16C2H6/c1-9(14)11-8-13(2,3)15-12-7-5-4-6-10(11)12;1-9-8-12(2,3)13-11-7-5-4-6-10(9)11;1-4-10-12(2,3)13-11-8-6-5-7-9-11;3*1-11(2)7-9(12)8-5-3-4-6-10(8)13-11;1-11(2)8-7-9-5-3-4-6-10(9)12-11;1-6(9)7-4-2-3-5-8(7)10;1-3(2)4;16*1-2/h4-8H,1-3H3;4-8H,1-3H3;5-9H,1-3H3;3-7H,1-2H3;3-6,9,12H,7H2,1-2H3;3-6H,7H2,1-2H3;3-8H,1-2H3;2-5,10H,1H3;1-2H3;16*1-2H3. The number of halogens is 1. The summed E-state index contributed by atoms with van der Waals surface area (Å²) in [6.45, 7) is 102. The van der Waals surface area contributed by atoms with E-state index >= 15 is 0 Å². The predicted molar refractivity (Wildman–Crippen MR) is 614 cm³/mol. The van der Waals surface area contributed by atoms with Gasteiger partial charge >= 0.3 is 0 Å². The number of benzene rings is 8. The summed E-state index contributed by atoms with van der Waals surface area (Å²) in [5.41, 5.74) is 6.47. The summed E-state index contributed by atoms with van der Waals surface area (Å²) in [4.78, 5) is 43.3. The van der Waals surface area contributed by atoms with Gasteiger partial charge in [0.2, 0.25) is 0 Å². The molecule has 8 aromatic rings. The first-order valence-corrected chi connectivity index (χ1v) is 52.2. The number of fused-ring (bicyclic) bond motifs is 6. The van der Waals surface area contributed by atoms with E-state index in [1.54, 1.807) is 25.1 Å². The zero-order chi connectivity index (χ0) is 110. The lowest BCUT2D eigenvalue weighted by atomic mass is 9.92. The van der Waals surface area contributed by atoms with Crippen LogP contribution in [0.5, 0.6) is 46.0 Å². The van der Waals surface area contributed by atoms with Gasteiger partial charge in [0.25, 0.3) is 0 Å². The topological polar surface area (TPSA) is 173 Å². The summed E-state index contributed by atoms with van der Waals surface area (Å²) in [5.74, 6) is 12.3. The molecule has 14 rings (SSSR count). The molecule has 0 aliphatic carbocycles. The molecule has 6 aliphatic rings. The van der Waals surface area contributed by atoms with Crippen molar-refractivity contribution >= 4 is 60.8 Å². The number of rotatable bonds is 4. The van der Waals surface area contributed by atoms with Crippen LogP contribution in [0.25, 0.3) is 21.7 Å². The molecule has 8 aromatic carbocycles. The predicted octanol–water partition coefficient (Wildman–Crippen LogP) is 38.7. The molecule has 782 valence electrons. The lowest BCUT2D eigenvalue weighted by Crippen LogP contribution is -2.35. The molecule has 138 heavy (non-hydrogen) atoms. The van der Waals surface area contributed by atoms with Gasteiger partial charge in [-0.1, -0.05) is 383 Å². The van der Waals surface area contributed by atoms with E-state index in [2.05, 4.69) is 98.8 Å². The van der Waals surface area contributed by atoms with Crippen LogP contribution in [0.1, 0.15) is 428 Å². The third-order valence-electron chi connectivity index (χ3n) is 16.0. The fourth-order valence-corrected chi connectivity index (χ4v) is 12.5. The van der Waals surface area contributed by atoms with Crippen molar-refractivity contribution in [2.45, 2.75) is 418 Å². The van der Waals surface area contributed by atoms with Gasteiger partial charge in [0.05, 0.1) is 23.7 Å². The van der Waals surface area contributed by atoms with Crippen LogP contribution in [0, 0.1) is 11.8 Å². The van der Waals surface area contributed by atoms with E-state index in [9.17, 15) is 24.3 Å². The van der Waals surface area contributed by atoms with Gasteiger partial charge in [-0.2, -0.15) is 0 Å². The third kappa shape index (κ3) is 65.6. The number of aliphatic hydroxyl groups excluding tert-OH is 1. The number of hydrogen-bond acceptors (Lipinski definition) is 13. The Bertz CT molecular complexity index is 4450. The van der Waals surface area contributed by atoms with E-state index in [0.29, 0.717) is 29.7 Å². The highest BCUT2D eigenvalue weighted by Crippen LogP contribution is 2.42. The molecule has 0 radical (unpaired) electrons. The molecule has 0 spiro atoms. The molecule has 6 aliphatic heterocycles. The molecule has 0 amide bonds. The second-order valence-corrected chi connectivity index (χ2v) is 30.8. The molecule has 0 saturated heterocycles. The third-order valence-corrected chi connectivity index (χ3v) is 16.6. The van der Waals surface area contributed by atoms with Crippen LogP contribution in [0.15, 0.2) is 224 Å². The lowest BCUT2D eigenvalue weighted by Gasteiger charge is -2.35. The lowest BCUT2D eigenvalue weighted by molar-refractivity contribution is -0.115. The van der Waals surface area contributed by atoms with Gasteiger partial charge in [-0.3, -0.25) is 14.4 Å². The summed E-state index contributed by atoms with van der Waals surface area (Å²) < 4.78 is 41.3. The Kier molecular flexibility index (Phi) is 97.6. The Morgan fingerprint density at radius 1 is 0.384 bits per heavy atom. The largest absolute Gasteiger partial charge is 0.507 e. The van der Waals surface area contributed by atoms with Gasteiger partial charge in [-0.25, -0.2) is 0 Å². The fourth-order valence-electron chi connectivity index (χ4n) is 11.6. The van der Waals surface area contributed by atoms with E-state index in [0.717, 1.165) is 66.8 Å². The van der Waals surface area contributed by atoms with Crippen molar-refractivity contribution in [3.8, 4) is 57.8 Å². The molecule has 0 fully saturated rings. The Balaban J connectivity index is -0.000000142. The molecule has 1 atom stereocenters. The van der Waals surface area contributed by atoms with Crippen LogP contribution in [0.3, 0.4) is 0 Å². The summed E-state index contributed by atoms with van der Waals surface area (Å²) in [5, 5.41) is 18.9. The number of Topliss-reactive ketones (excluding diaryl/α,β-unsaturated/α-hetero) is 4. The van der Waals surface area contributed by atoms with Gasteiger partial charge in [-0.15, -0.1) is 5.92 Å². The molecular formula is C124H201BrO13. The molecule has 13 nitrogen and oxygen atoms in total. The highest BCUT2D eigenvalue weighted by Gasteiger charge is 2.34. The van der Waals surface area contributed by atoms with Gasteiger partial charge in [0.1, 0.15) is 85.4 Å². The zero-order valence-corrected chi connectivity index (χ0v) is 98.8. The first kappa shape index (κ1) is 151. The average Bonchev–Trinajstić information content (AvgIpc) is 0.806. The SMILES string of the molecule is CC.CC.CC.CC.CC.CC.CC.CC.CC.CC.CC.CC.CC.CC.CC.CC.CC#CC(C)(C)Oc1ccccc1.CC(=O)C1=CC(C)(C)Oc2ccccc21.CC(=O)c1ccccc1O.CC(C)=O.CC1(C)C=C(Br)c2ccccc2O1.CC1(C)C=Cc2ccccc2O1.CC1(C)CC(=O)c2ccccc2O1.CC1(C)CC(O)c2ccccc2O1.CC1=CC(C)(C)Oc2ccccc21. The maximum atomic E-state index is 11.6. The Morgan fingerprint density at radius 2 is 0.710 bits per heavy atom. The minimum Gasteiger partial charge on any atom is -0.507 e. The number of carbonyl (C=O) groups is 4. The molecule has 0 aromatic heterocycles. The molecular weight excluding hydrogens is 1780 g/mol. The van der Waals surface area contributed by atoms with Crippen LogP contribution in [0.4, 0.5) is 0 Å². The van der Waals surface area contributed by atoms with Crippen LogP contribution < -0.4 is 33.2 Å². The van der Waals surface area contributed by atoms with Gasteiger partial charge in [0.15, 0.2) is 23.0 Å². The van der Waals surface area contributed by atoms with Gasteiger partial charge in [0, 0.05) is 44.3 Å². The molecule has 0 bridgehead atoms. The second kappa shape index (κ2) is 89.4. The van der Waals surface area contributed by atoms with E-state index in [1.807, 2.05) is 468 Å². The summed E-state index contributed by atoms with van der Waals surface area (Å²) in [7, 11) is 0. The number of carbonyl (C=O) groups excluding carboxylic acids is 4. The van der Waals surface area contributed by atoms with Crippen molar-refractivity contribution in [2.75, 3.05) is 0 Å². The van der Waals surface area contributed by atoms with E-state index < -0.39 is 11.2 Å². The van der Waals surface area contributed by atoms with Crippen LogP contribution in [0.2, 0.25) is 0 Å². The number of ketones is 4. The minimum absolute atomic E-state index is 0.0509. The van der Waals surface area contributed by atoms with Crippen molar-refractivity contribution in [3.63, 3.8) is 0 Å². The average molecular weight is 1980 g/mol. The highest BCUT2D eigenvalue weighted by molar-refractivity contribution is 9.15. The van der Waals surface area contributed by atoms with Gasteiger partial charge < -0.3 is 48.2 Å². The van der Waals surface area contributed by atoms with Crippen molar-refractivity contribution < 1.29 is 62.5 Å². The summed E-state index contributed by atoms with van der Waals surface area (Å²) >= 11 is 3.54. The monoisotopic (exact) mass is 1980 g/mol. The van der Waals surface area contributed by atoms with Gasteiger partial charge in [-0.05, 0) is 235 Å². The minimum atomic E-state index is -0.407. The maximum Gasteiger partial charge on any atom is 0.170 e. The number of phenolic OH excluding ortho intramolecular Hbond substituents is 1. The Hall–Kier alpha value is -10.2.